The van der Waals surface area contributed by atoms with E-state index in [1.165, 1.54) is 12.1 Å². The van der Waals surface area contributed by atoms with Crippen LogP contribution in [0, 0.1) is 10.1 Å². The number of benzene rings is 1. The minimum Gasteiger partial charge on any atom is -0.335 e. The van der Waals surface area contributed by atoms with Gasteiger partial charge in [-0.1, -0.05) is 18.2 Å². The van der Waals surface area contributed by atoms with Crippen molar-refractivity contribution in [3.05, 3.63) is 52.6 Å². The van der Waals surface area contributed by atoms with Crippen LogP contribution in [-0.2, 0) is 11.3 Å². The van der Waals surface area contributed by atoms with Crippen molar-refractivity contribution in [2.24, 2.45) is 5.73 Å². The molecule has 0 radical (unpaired) electrons. The number of non-ortho nitro benzene ring substituents is 1. The molecule has 2 N–H and O–H groups in total. The molecule has 6 heteroatoms. The molecule has 0 aliphatic carbocycles. The van der Waals surface area contributed by atoms with Crippen LogP contribution < -0.4 is 5.73 Å². The third-order valence-corrected chi connectivity index (χ3v) is 2.79. The molecule has 0 aliphatic heterocycles. The number of rotatable bonds is 8. The first-order valence-electron chi connectivity index (χ1n) is 6.40. The summed E-state index contributed by atoms with van der Waals surface area (Å²) in [6.07, 6.45) is 2.64. The van der Waals surface area contributed by atoms with Crippen LogP contribution in [0.15, 0.2) is 36.9 Å². The van der Waals surface area contributed by atoms with Gasteiger partial charge in [-0.25, -0.2) is 0 Å². The van der Waals surface area contributed by atoms with Crippen LogP contribution in [-0.4, -0.2) is 28.8 Å². The fraction of sp³-hybridized carbons (Fsp3) is 0.357. The summed E-state index contributed by atoms with van der Waals surface area (Å²) in [6, 6.07) is 6.28. The molecular formula is C14H19N3O3. The van der Waals surface area contributed by atoms with Crippen molar-refractivity contribution in [2.45, 2.75) is 19.4 Å². The van der Waals surface area contributed by atoms with Crippen LogP contribution in [0.4, 0.5) is 5.69 Å². The summed E-state index contributed by atoms with van der Waals surface area (Å²) < 4.78 is 0. The van der Waals surface area contributed by atoms with Crippen molar-refractivity contribution < 1.29 is 9.72 Å². The highest BCUT2D eigenvalue weighted by Gasteiger charge is 2.13. The Hall–Kier alpha value is -2.21. The summed E-state index contributed by atoms with van der Waals surface area (Å²) >= 11 is 0. The maximum absolute atomic E-state index is 12.0. The van der Waals surface area contributed by atoms with Gasteiger partial charge in [0, 0.05) is 31.6 Å². The fourth-order valence-electron chi connectivity index (χ4n) is 1.81. The number of nitro groups is 1. The second-order valence-corrected chi connectivity index (χ2v) is 4.38. The van der Waals surface area contributed by atoms with Crippen molar-refractivity contribution >= 4 is 11.6 Å². The Kier molecular flexibility index (Phi) is 6.39. The maximum Gasteiger partial charge on any atom is 0.269 e. The van der Waals surface area contributed by atoms with Gasteiger partial charge in [-0.15, -0.1) is 6.58 Å². The molecule has 6 nitrogen and oxygen atoms in total. The van der Waals surface area contributed by atoms with E-state index in [-0.39, 0.29) is 11.6 Å². The molecule has 0 unspecified atom stereocenters. The van der Waals surface area contributed by atoms with E-state index in [2.05, 4.69) is 6.58 Å². The molecule has 0 atom stereocenters. The van der Waals surface area contributed by atoms with Crippen LogP contribution in [0.5, 0.6) is 0 Å². The molecular weight excluding hydrogens is 258 g/mol. The van der Waals surface area contributed by atoms with Gasteiger partial charge < -0.3 is 10.6 Å². The first kappa shape index (κ1) is 15.8. The van der Waals surface area contributed by atoms with Gasteiger partial charge in [0.15, 0.2) is 0 Å². The lowest BCUT2D eigenvalue weighted by Gasteiger charge is -2.21. The molecule has 1 rings (SSSR count). The van der Waals surface area contributed by atoms with Crippen molar-refractivity contribution in [3.63, 3.8) is 0 Å². The first-order chi connectivity index (χ1) is 9.58. The molecule has 0 aromatic heterocycles. The summed E-state index contributed by atoms with van der Waals surface area (Å²) in [5, 5.41) is 10.7. The molecule has 0 bridgehead atoms. The molecule has 0 spiro atoms. The molecule has 0 fully saturated rings. The third-order valence-electron chi connectivity index (χ3n) is 2.79. The Morgan fingerprint density at radius 2 is 2.25 bits per heavy atom. The largest absolute Gasteiger partial charge is 0.335 e. The molecule has 1 aromatic carbocycles. The van der Waals surface area contributed by atoms with E-state index < -0.39 is 4.92 Å². The van der Waals surface area contributed by atoms with Gasteiger partial charge in [-0.2, -0.15) is 0 Å². The molecule has 1 amide bonds. The second kappa shape index (κ2) is 8.06. The van der Waals surface area contributed by atoms with E-state index >= 15 is 0 Å². The van der Waals surface area contributed by atoms with Crippen LogP contribution in [0.25, 0.3) is 0 Å². The smallest absolute Gasteiger partial charge is 0.269 e. The van der Waals surface area contributed by atoms with E-state index in [9.17, 15) is 14.9 Å². The van der Waals surface area contributed by atoms with E-state index in [4.69, 9.17) is 5.73 Å². The minimum absolute atomic E-state index is 0.0236. The van der Waals surface area contributed by atoms with Crippen LogP contribution >= 0.6 is 0 Å². The average molecular weight is 277 g/mol. The predicted octanol–water partition coefficient (Wildman–Crippen LogP) is 1.85. The minimum atomic E-state index is -0.447. The summed E-state index contributed by atoms with van der Waals surface area (Å²) in [5.74, 6) is -0.0261. The predicted molar refractivity (Wildman–Crippen MR) is 77.0 cm³/mol. The van der Waals surface area contributed by atoms with Gasteiger partial charge in [0.05, 0.1) is 4.92 Å². The normalized spacial score (nSPS) is 10.1. The lowest BCUT2D eigenvalue weighted by Crippen LogP contribution is -2.30. The quantitative estimate of drug-likeness (QED) is 0.446. The first-order valence-corrected chi connectivity index (χ1v) is 6.40. The van der Waals surface area contributed by atoms with E-state index in [1.54, 1.807) is 23.1 Å². The van der Waals surface area contributed by atoms with Gasteiger partial charge >= 0.3 is 0 Å². The number of amides is 1. The van der Waals surface area contributed by atoms with Gasteiger partial charge in [0.2, 0.25) is 5.91 Å². The summed E-state index contributed by atoms with van der Waals surface area (Å²) in [6.45, 7) is 4.83. The lowest BCUT2D eigenvalue weighted by molar-refractivity contribution is -0.384. The van der Waals surface area contributed by atoms with Crippen molar-refractivity contribution in [3.8, 4) is 0 Å². The fourth-order valence-corrected chi connectivity index (χ4v) is 1.81. The van der Waals surface area contributed by atoms with Crippen molar-refractivity contribution in [1.29, 1.82) is 0 Å². The van der Waals surface area contributed by atoms with Gasteiger partial charge in [-0.3, -0.25) is 14.9 Å². The number of hydrogen-bond donors (Lipinski definition) is 1. The zero-order chi connectivity index (χ0) is 15.0. The number of nitrogens with two attached hydrogens (primary N) is 1. The zero-order valence-electron chi connectivity index (χ0n) is 11.3. The van der Waals surface area contributed by atoms with E-state index in [0.29, 0.717) is 32.5 Å². The molecule has 108 valence electrons. The summed E-state index contributed by atoms with van der Waals surface area (Å²) in [4.78, 5) is 23.9. The number of carbonyl (C=O) groups is 1. The van der Waals surface area contributed by atoms with Crippen LogP contribution in [0.1, 0.15) is 18.4 Å². The van der Waals surface area contributed by atoms with E-state index in [1.807, 2.05) is 0 Å². The Morgan fingerprint density at radius 3 is 2.85 bits per heavy atom. The number of nitro benzene ring substituents is 1. The summed E-state index contributed by atoms with van der Waals surface area (Å²) in [7, 11) is 0. The third kappa shape index (κ3) is 4.81. The number of carbonyl (C=O) groups excluding carboxylic acids is 1. The van der Waals surface area contributed by atoms with Crippen molar-refractivity contribution in [1.82, 2.24) is 4.90 Å². The zero-order valence-corrected chi connectivity index (χ0v) is 11.3. The Morgan fingerprint density at radius 1 is 1.50 bits per heavy atom. The topological polar surface area (TPSA) is 89.5 Å². The lowest BCUT2D eigenvalue weighted by atomic mass is 10.1. The molecule has 0 aliphatic rings. The van der Waals surface area contributed by atoms with Crippen LogP contribution in [0.3, 0.4) is 0 Å². The Bertz CT molecular complexity index is 488. The SMILES string of the molecule is C=CCN(Cc1cccc([N+](=O)[O-])c1)C(=O)CCCN. The highest BCUT2D eigenvalue weighted by molar-refractivity contribution is 5.76. The Labute approximate surface area is 118 Å². The van der Waals surface area contributed by atoms with Crippen molar-refractivity contribution in [2.75, 3.05) is 13.1 Å². The molecule has 0 heterocycles. The molecule has 20 heavy (non-hydrogen) atoms. The van der Waals surface area contributed by atoms with Gasteiger partial charge in [0.1, 0.15) is 0 Å². The number of hydrogen-bond acceptors (Lipinski definition) is 4. The van der Waals surface area contributed by atoms with Crippen LogP contribution in [0.2, 0.25) is 0 Å². The molecule has 0 saturated heterocycles. The monoisotopic (exact) mass is 277 g/mol. The highest BCUT2D eigenvalue weighted by atomic mass is 16.6. The standard InChI is InChI=1S/C14H19N3O3/c1-2-9-16(14(18)7-4-8-15)11-12-5-3-6-13(10-12)17(19)20/h2-3,5-6,10H,1,4,7-9,11,15H2. The molecule has 0 saturated carbocycles. The highest BCUT2D eigenvalue weighted by Crippen LogP contribution is 2.15. The van der Waals surface area contributed by atoms with Gasteiger partial charge in [0.25, 0.3) is 5.69 Å². The van der Waals surface area contributed by atoms with E-state index in [0.717, 1.165) is 5.56 Å². The molecule has 1 aromatic rings. The second-order valence-electron chi connectivity index (χ2n) is 4.38. The maximum atomic E-state index is 12.0. The average Bonchev–Trinajstić information content (AvgIpc) is 2.44. The van der Waals surface area contributed by atoms with Gasteiger partial charge in [-0.05, 0) is 18.5 Å². The summed E-state index contributed by atoms with van der Waals surface area (Å²) in [5.41, 5.74) is 6.14. The Balaban J connectivity index is 2.79. The number of nitrogens with zero attached hydrogens (tertiary/aromatic N) is 2.